The highest BCUT2D eigenvalue weighted by Crippen LogP contribution is 2.24. The van der Waals surface area contributed by atoms with Crippen LogP contribution >= 0.6 is 0 Å². The zero-order valence-electron chi connectivity index (χ0n) is 9.95. The van der Waals surface area contributed by atoms with Gasteiger partial charge in [0, 0.05) is 6.04 Å². The Bertz CT molecular complexity index is 254. The summed E-state index contributed by atoms with van der Waals surface area (Å²) in [5.41, 5.74) is 5.15. The first kappa shape index (κ1) is 20.3. The number of hydrogen-bond donors (Lipinski definition) is 10. The molecule has 0 amide bonds. The van der Waals surface area contributed by atoms with E-state index in [4.69, 9.17) is 48.9 Å². The standard InChI is InChI=1S/C3H17NO12Si4/c4-2-1-3-17(14-18(5,6)7,15-19(8,9)10)16-20(11,12)13/h5-13H,1-4H2. The molecule has 0 rings (SSSR count). The van der Waals surface area contributed by atoms with Crippen molar-refractivity contribution in [3.8, 4) is 0 Å². The van der Waals surface area contributed by atoms with E-state index in [1.54, 1.807) is 0 Å². The van der Waals surface area contributed by atoms with Gasteiger partial charge < -0.3 is 61.2 Å². The lowest BCUT2D eigenvalue weighted by Gasteiger charge is -2.34. The molecule has 0 fully saturated rings. The zero-order valence-corrected chi connectivity index (χ0v) is 13.9. The van der Waals surface area contributed by atoms with Gasteiger partial charge in [-0.25, -0.2) is 0 Å². The summed E-state index contributed by atoms with van der Waals surface area (Å²) in [6.45, 7) is -0.0741. The van der Waals surface area contributed by atoms with Gasteiger partial charge in [0.1, 0.15) is 0 Å². The predicted molar refractivity (Wildman–Crippen MR) is 64.7 cm³/mol. The Morgan fingerprint density at radius 3 is 1.15 bits per heavy atom. The lowest BCUT2D eigenvalue weighted by molar-refractivity contribution is 0.0252. The second-order valence-electron chi connectivity index (χ2n) is 3.60. The first-order valence-electron chi connectivity index (χ1n) is 5.00. The van der Waals surface area contributed by atoms with E-state index in [1.807, 2.05) is 0 Å². The van der Waals surface area contributed by atoms with Crippen molar-refractivity contribution in [3.05, 3.63) is 0 Å². The number of nitrogens with two attached hydrogens (primary N) is 1. The highest BCUT2D eigenvalue weighted by atomic mass is 28.5. The van der Waals surface area contributed by atoms with Gasteiger partial charge >= 0.3 is 35.9 Å². The molecule has 0 radical (unpaired) electrons. The molecule has 0 heterocycles. The third-order valence-corrected chi connectivity index (χ3v) is 9.55. The van der Waals surface area contributed by atoms with Gasteiger partial charge in [-0.2, -0.15) is 0 Å². The van der Waals surface area contributed by atoms with Gasteiger partial charge in [0.05, 0.1) is 0 Å². The topological polar surface area (TPSA) is 236 Å². The molecular weight excluding hydrogens is 354 g/mol. The van der Waals surface area contributed by atoms with E-state index >= 15 is 0 Å². The van der Waals surface area contributed by atoms with Crippen LogP contribution in [0.15, 0.2) is 0 Å². The summed E-state index contributed by atoms with van der Waals surface area (Å²) in [7, 11) is -21.0. The van der Waals surface area contributed by atoms with Crippen LogP contribution in [-0.2, 0) is 12.3 Å². The second kappa shape index (κ2) is 7.07. The number of hydrogen-bond acceptors (Lipinski definition) is 13. The summed E-state index contributed by atoms with van der Waals surface area (Å²) in [5.74, 6) is 0. The molecule has 0 aromatic carbocycles. The molecule has 0 aliphatic heterocycles. The van der Waals surface area contributed by atoms with Crippen molar-refractivity contribution in [2.45, 2.75) is 12.5 Å². The molecule has 13 nitrogen and oxygen atoms in total. The van der Waals surface area contributed by atoms with Crippen LogP contribution in [0.2, 0.25) is 6.04 Å². The molecule has 0 saturated heterocycles. The Labute approximate surface area is 117 Å². The molecule has 0 aliphatic rings. The molecule has 0 aromatic heterocycles. The maximum Gasteiger partial charge on any atom is 0.663 e. The van der Waals surface area contributed by atoms with E-state index in [0.29, 0.717) is 0 Å². The molecule has 11 N–H and O–H groups in total. The number of rotatable bonds is 9. The molecule has 0 atom stereocenters. The summed E-state index contributed by atoms with van der Waals surface area (Å²) in [6, 6.07) is -0.590. The van der Waals surface area contributed by atoms with E-state index in [2.05, 4.69) is 12.3 Å². The van der Waals surface area contributed by atoms with Gasteiger partial charge in [-0.3, -0.25) is 0 Å². The normalized spacial score (nSPS) is 14.7. The Morgan fingerprint density at radius 1 is 0.650 bits per heavy atom. The van der Waals surface area contributed by atoms with Crippen LogP contribution in [0.3, 0.4) is 0 Å². The third-order valence-electron chi connectivity index (χ3n) is 1.56. The Kier molecular flexibility index (Phi) is 7.19. The molecule has 0 aliphatic carbocycles. The van der Waals surface area contributed by atoms with Crippen molar-refractivity contribution < 1.29 is 55.5 Å². The highest BCUT2D eigenvalue weighted by Gasteiger charge is 2.60. The van der Waals surface area contributed by atoms with Crippen LogP contribution in [0.25, 0.3) is 0 Å². The average molecular weight is 372 g/mol. The summed E-state index contributed by atoms with van der Waals surface area (Å²) >= 11 is 0. The molecule has 20 heavy (non-hydrogen) atoms. The molecule has 0 unspecified atom stereocenters. The molecule has 17 heteroatoms. The molecular formula is C3H17NO12Si4. The monoisotopic (exact) mass is 371 g/mol. The summed E-state index contributed by atoms with van der Waals surface area (Å²) in [5, 5.41) is 0. The lowest BCUT2D eigenvalue weighted by atomic mass is 10.5. The molecule has 0 aromatic rings. The van der Waals surface area contributed by atoms with Crippen LogP contribution < -0.4 is 5.73 Å². The first-order chi connectivity index (χ1) is 8.68. The van der Waals surface area contributed by atoms with Gasteiger partial charge in [0.2, 0.25) is 0 Å². The summed E-state index contributed by atoms with van der Waals surface area (Å²) in [6.07, 6.45) is -0.0916. The predicted octanol–water partition coefficient (Wildman–Crippen LogP) is -6.44. The minimum atomic E-state index is -5.39. The van der Waals surface area contributed by atoms with E-state index in [1.165, 1.54) is 0 Å². The first-order valence-corrected chi connectivity index (χ1v) is 12.2. The van der Waals surface area contributed by atoms with Crippen molar-refractivity contribution in [2.24, 2.45) is 5.73 Å². The van der Waals surface area contributed by atoms with E-state index in [-0.39, 0.29) is 13.0 Å². The van der Waals surface area contributed by atoms with Crippen molar-refractivity contribution in [1.29, 1.82) is 0 Å². The van der Waals surface area contributed by atoms with Gasteiger partial charge in [0.15, 0.2) is 0 Å². The van der Waals surface area contributed by atoms with Gasteiger partial charge in [-0.05, 0) is 13.0 Å². The molecule has 0 spiro atoms. The minimum absolute atomic E-state index is 0.0741. The van der Waals surface area contributed by atoms with Crippen LogP contribution in [0.1, 0.15) is 6.42 Å². The van der Waals surface area contributed by atoms with Crippen LogP contribution in [0, 0.1) is 0 Å². The molecule has 122 valence electrons. The fraction of sp³-hybridized carbons (Fsp3) is 1.00. The fourth-order valence-corrected chi connectivity index (χ4v) is 9.65. The fourth-order valence-electron chi connectivity index (χ4n) is 1.16. The van der Waals surface area contributed by atoms with Gasteiger partial charge in [-0.1, -0.05) is 0 Å². The molecule has 0 bridgehead atoms. The van der Waals surface area contributed by atoms with Gasteiger partial charge in [-0.15, -0.1) is 0 Å². The van der Waals surface area contributed by atoms with E-state index in [9.17, 15) is 0 Å². The van der Waals surface area contributed by atoms with Crippen LogP contribution in [0.4, 0.5) is 0 Å². The maximum atomic E-state index is 8.86. The van der Waals surface area contributed by atoms with Crippen molar-refractivity contribution in [2.75, 3.05) is 6.54 Å². The van der Waals surface area contributed by atoms with Crippen LogP contribution in [-0.4, -0.2) is 85.7 Å². The average Bonchev–Trinajstić information content (AvgIpc) is 2.05. The SMILES string of the molecule is NCCC[Si](O[Si](O)(O)O)(O[Si](O)(O)O)O[Si](O)(O)O. The Hall–Kier alpha value is 0.348. The summed E-state index contributed by atoms with van der Waals surface area (Å²) in [4.78, 5) is 79.7. The smallest absolute Gasteiger partial charge is 0.368 e. The quantitative estimate of drug-likeness (QED) is 0.170. The Balaban J connectivity index is 5.38. The van der Waals surface area contributed by atoms with Crippen LogP contribution in [0.5, 0.6) is 0 Å². The lowest BCUT2D eigenvalue weighted by Crippen LogP contribution is -2.66. The van der Waals surface area contributed by atoms with Gasteiger partial charge in [0.25, 0.3) is 0 Å². The summed E-state index contributed by atoms with van der Waals surface area (Å²) < 4.78 is 12.7. The largest absolute Gasteiger partial charge is 0.663 e. The zero-order chi connectivity index (χ0) is 16.2. The van der Waals surface area contributed by atoms with Crippen molar-refractivity contribution in [1.82, 2.24) is 0 Å². The minimum Gasteiger partial charge on any atom is -0.368 e. The molecule has 0 saturated carbocycles. The third kappa shape index (κ3) is 10.1. The second-order valence-corrected chi connectivity index (χ2v) is 11.4. The van der Waals surface area contributed by atoms with E-state index in [0.717, 1.165) is 0 Å². The van der Waals surface area contributed by atoms with Crippen molar-refractivity contribution >= 4 is 35.9 Å². The van der Waals surface area contributed by atoms with Crippen molar-refractivity contribution in [3.63, 3.8) is 0 Å². The highest BCUT2D eigenvalue weighted by molar-refractivity contribution is 6.80. The Morgan fingerprint density at radius 2 is 0.950 bits per heavy atom. The van der Waals surface area contributed by atoms with E-state index < -0.39 is 42.0 Å². The maximum absolute atomic E-state index is 8.86.